The maximum atomic E-state index is 15.2. The van der Waals surface area contributed by atoms with Gasteiger partial charge in [0.1, 0.15) is 17.2 Å². The molecule has 0 spiro atoms. The Morgan fingerprint density at radius 2 is 2.00 bits per heavy atom. The molecule has 1 aromatic carbocycles. The summed E-state index contributed by atoms with van der Waals surface area (Å²) in [4.78, 5) is 27.2. The first kappa shape index (κ1) is 22.2. The molecule has 0 unspecified atom stereocenters. The largest absolute Gasteiger partial charge is 0.467 e. The van der Waals surface area contributed by atoms with E-state index in [0.29, 0.717) is 47.5 Å². The number of nitrogen functional groups attached to an aromatic ring is 1. The summed E-state index contributed by atoms with van der Waals surface area (Å²) in [6, 6.07) is 5.21. The van der Waals surface area contributed by atoms with E-state index in [2.05, 4.69) is 20.1 Å². The van der Waals surface area contributed by atoms with E-state index < -0.39 is 0 Å². The van der Waals surface area contributed by atoms with Crippen molar-refractivity contribution in [3.8, 4) is 6.01 Å². The van der Waals surface area contributed by atoms with Gasteiger partial charge < -0.3 is 19.9 Å². The zero-order valence-corrected chi connectivity index (χ0v) is 19.3. The molecule has 1 amide bonds. The van der Waals surface area contributed by atoms with Gasteiger partial charge in [-0.2, -0.15) is 15.0 Å². The molecule has 1 aliphatic heterocycles. The van der Waals surface area contributed by atoms with Crippen molar-refractivity contribution < 1.29 is 18.4 Å². The summed E-state index contributed by atoms with van der Waals surface area (Å²) >= 11 is 0. The van der Waals surface area contributed by atoms with E-state index in [-0.39, 0.29) is 35.0 Å². The number of hydrogen-bond acceptors (Lipinski definition) is 8. The Bertz CT molecular complexity index is 1220. The number of rotatable bonds is 5. The topological polar surface area (TPSA) is 120 Å². The first-order valence-corrected chi connectivity index (χ1v) is 11.5. The van der Waals surface area contributed by atoms with Crippen molar-refractivity contribution in [2.24, 2.45) is 5.92 Å². The van der Waals surface area contributed by atoms with Crippen molar-refractivity contribution in [2.75, 3.05) is 24.3 Å². The van der Waals surface area contributed by atoms with Gasteiger partial charge in [-0.05, 0) is 62.1 Å². The Morgan fingerprint density at radius 3 is 2.68 bits per heavy atom. The predicted octanol–water partition coefficient (Wildman–Crippen LogP) is 3.62. The second-order valence-corrected chi connectivity index (χ2v) is 8.99. The third-order valence-corrected chi connectivity index (χ3v) is 6.82. The number of aryl methyl sites for hydroxylation is 1. The van der Waals surface area contributed by atoms with E-state index in [0.717, 1.165) is 32.1 Å². The van der Waals surface area contributed by atoms with Gasteiger partial charge in [0.05, 0.1) is 12.8 Å². The van der Waals surface area contributed by atoms with Crippen LogP contribution in [-0.2, 0) is 12.8 Å². The number of benzene rings is 1. The number of nitrogens with two attached hydrogens (primary N) is 1. The monoisotopic (exact) mass is 466 g/mol. The van der Waals surface area contributed by atoms with E-state index in [1.807, 2.05) is 19.1 Å². The van der Waals surface area contributed by atoms with Crippen LogP contribution in [0.4, 0.5) is 15.9 Å². The fourth-order valence-electron chi connectivity index (χ4n) is 5.07. The van der Waals surface area contributed by atoms with Crippen LogP contribution in [0.15, 0.2) is 22.7 Å². The van der Waals surface area contributed by atoms with Crippen molar-refractivity contribution >= 4 is 17.4 Å². The maximum absolute atomic E-state index is 15.2. The highest BCUT2D eigenvalue weighted by molar-refractivity contribution is 6.10. The molecule has 9 nitrogen and oxygen atoms in total. The van der Waals surface area contributed by atoms with Crippen LogP contribution >= 0.6 is 0 Å². The summed E-state index contributed by atoms with van der Waals surface area (Å²) in [5.74, 6) is 1.41. The Labute approximate surface area is 196 Å². The lowest BCUT2D eigenvalue weighted by molar-refractivity contribution is 0.0980. The minimum Gasteiger partial charge on any atom is -0.467 e. The standard InChI is InChI=1S/C24H27FN6O3/c1-13-27-20(34-30-13)11-14-3-5-15(6-4-14)17-8-7-16(12-18(17)25)31-10-9-19-21(23(31)32)22(26)29-24(28-19)33-2/h7-8,12,14-15H,3-6,9-11H2,1-2H3,(H2,26,28,29). The number of hydrogen-bond donors (Lipinski definition) is 1. The molecule has 1 aliphatic carbocycles. The summed E-state index contributed by atoms with van der Waals surface area (Å²) in [5.41, 5.74) is 8.01. The lowest BCUT2D eigenvalue weighted by Crippen LogP contribution is -2.39. The number of fused-ring (bicyclic) bond motifs is 1. The predicted molar refractivity (Wildman–Crippen MR) is 122 cm³/mol. The third kappa shape index (κ3) is 4.20. The van der Waals surface area contributed by atoms with Gasteiger partial charge in [0.2, 0.25) is 5.89 Å². The summed E-state index contributed by atoms with van der Waals surface area (Å²) in [7, 11) is 1.45. The molecule has 2 N–H and O–H groups in total. The molecule has 3 heterocycles. The van der Waals surface area contributed by atoms with Crippen LogP contribution < -0.4 is 15.4 Å². The number of halogens is 1. The lowest BCUT2D eigenvalue weighted by atomic mass is 9.77. The highest BCUT2D eigenvalue weighted by Crippen LogP contribution is 2.39. The number of aromatic nitrogens is 4. The summed E-state index contributed by atoms with van der Waals surface area (Å²) in [6.07, 6.45) is 5.03. The Hall–Kier alpha value is -3.56. The number of ether oxygens (including phenoxy) is 1. The molecule has 1 saturated carbocycles. The van der Waals surface area contributed by atoms with E-state index in [1.54, 1.807) is 0 Å². The summed E-state index contributed by atoms with van der Waals surface area (Å²) in [5, 5.41) is 3.85. The molecule has 34 heavy (non-hydrogen) atoms. The van der Waals surface area contributed by atoms with Crippen LogP contribution in [0, 0.1) is 18.7 Å². The van der Waals surface area contributed by atoms with Gasteiger partial charge in [0, 0.05) is 25.1 Å². The first-order valence-electron chi connectivity index (χ1n) is 11.5. The molecule has 2 aromatic heterocycles. The number of methoxy groups -OCH3 is 1. The molecule has 0 bridgehead atoms. The van der Waals surface area contributed by atoms with Crippen LogP contribution in [0.25, 0.3) is 0 Å². The molecule has 5 rings (SSSR count). The quantitative estimate of drug-likeness (QED) is 0.605. The summed E-state index contributed by atoms with van der Waals surface area (Å²) in [6.45, 7) is 2.19. The van der Waals surface area contributed by atoms with Crippen molar-refractivity contribution in [3.05, 3.63) is 52.6 Å². The molecule has 10 heteroatoms. The van der Waals surface area contributed by atoms with Crippen molar-refractivity contribution in [1.82, 2.24) is 20.1 Å². The van der Waals surface area contributed by atoms with Gasteiger partial charge in [0.15, 0.2) is 5.82 Å². The SMILES string of the molecule is COc1nc(N)c2c(n1)CCN(c1ccc(C3CCC(Cc4nc(C)no4)CC3)c(F)c1)C2=O. The Balaban J connectivity index is 1.28. The van der Waals surface area contributed by atoms with Gasteiger partial charge in [0.25, 0.3) is 5.91 Å². The Kier molecular flexibility index (Phi) is 5.89. The smallest absolute Gasteiger partial charge is 0.318 e. The number of nitrogens with zero attached hydrogens (tertiary/aromatic N) is 5. The van der Waals surface area contributed by atoms with E-state index in [1.165, 1.54) is 18.1 Å². The fraction of sp³-hybridized carbons (Fsp3) is 0.458. The molecule has 0 saturated heterocycles. The summed E-state index contributed by atoms with van der Waals surface area (Å²) < 4.78 is 25.5. The average Bonchev–Trinajstić information content (AvgIpc) is 3.24. The highest BCUT2D eigenvalue weighted by Gasteiger charge is 2.31. The maximum Gasteiger partial charge on any atom is 0.318 e. The molecule has 2 aliphatic rings. The van der Waals surface area contributed by atoms with Crippen molar-refractivity contribution in [3.63, 3.8) is 0 Å². The van der Waals surface area contributed by atoms with Gasteiger partial charge in [-0.3, -0.25) is 4.79 Å². The second-order valence-electron chi connectivity index (χ2n) is 8.99. The number of carbonyl (C=O) groups is 1. The minimum atomic E-state index is -0.328. The first-order chi connectivity index (χ1) is 16.4. The average molecular weight is 467 g/mol. The van der Waals surface area contributed by atoms with Crippen LogP contribution in [0.5, 0.6) is 6.01 Å². The fourth-order valence-corrected chi connectivity index (χ4v) is 5.07. The lowest BCUT2D eigenvalue weighted by Gasteiger charge is -2.30. The van der Waals surface area contributed by atoms with Crippen molar-refractivity contribution in [2.45, 2.75) is 51.4 Å². The Morgan fingerprint density at radius 1 is 1.21 bits per heavy atom. The number of amides is 1. The third-order valence-electron chi connectivity index (χ3n) is 6.82. The van der Waals surface area contributed by atoms with Gasteiger partial charge >= 0.3 is 6.01 Å². The zero-order chi connectivity index (χ0) is 23.8. The van der Waals surface area contributed by atoms with E-state index in [9.17, 15) is 4.79 Å². The van der Waals surface area contributed by atoms with Crippen LogP contribution in [0.3, 0.4) is 0 Å². The molecule has 0 atom stereocenters. The van der Waals surface area contributed by atoms with Gasteiger partial charge in [-0.1, -0.05) is 11.2 Å². The molecule has 0 radical (unpaired) electrons. The van der Waals surface area contributed by atoms with Gasteiger partial charge in [-0.25, -0.2) is 4.39 Å². The molecule has 3 aromatic rings. The second kappa shape index (κ2) is 9.00. The van der Waals surface area contributed by atoms with E-state index >= 15 is 4.39 Å². The van der Waals surface area contributed by atoms with E-state index in [4.69, 9.17) is 15.0 Å². The highest BCUT2D eigenvalue weighted by atomic mass is 19.1. The number of carbonyl (C=O) groups excluding carboxylic acids is 1. The molecular weight excluding hydrogens is 439 g/mol. The molecule has 1 fully saturated rings. The zero-order valence-electron chi connectivity index (χ0n) is 19.3. The van der Waals surface area contributed by atoms with Crippen LogP contribution in [-0.4, -0.2) is 39.7 Å². The minimum absolute atomic E-state index is 0.0705. The van der Waals surface area contributed by atoms with Crippen molar-refractivity contribution in [1.29, 1.82) is 0 Å². The normalized spacial score (nSPS) is 20.3. The van der Waals surface area contributed by atoms with Crippen LogP contribution in [0.1, 0.15) is 64.9 Å². The number of anilines is 2. The molecule has 178 valence electrons. The van der Waals surface area contributed by atoms with Gasteiger partial charge in [-0.15, -0.1) is 0 Å². The molecular formula is C24H27FN6O3. The van der Waals surface area contributed by atoms with Crippen LogP contribution in [0.2, 0.25) is 0 Å².